The van der Waals surface area contributed by atoms with Crippen molar-refractivity contribution in [3.8, 4) is 0 Å². The van der Waals surface area contributed by atoms with Crippen LogP contribution in [0.4, 0.5) is 0 Å². The van der Waals surface area contributed by atoms with E-state index < -0.39 is 5.54 Å². The summed E-state index contributed by atoms with van der Waals surface area (Å²) in [5, 5.41) is 9.05. The molecule has 0 aromatic rings. The Kier molecular flexibility index (Phi) is 6.41. The van der Waals surface area contributed by atoms with Crippen LogP contribution in [-0.2, 0) is 4.74 Å². The third-order valence-electron chi connectivity index (χ3n) is 3.70. The molecule has 102 valence electrons. The van der Waals surface area contributed by atoms with Gasteiger partial charge in [-0.05, 0) is 39.2 Å². The van der Waals surface area contributed by atoms with Crippen molar-refractivity contribution in [3.05, 3.63) is 0 Å². The molecule has 0 aliphatic carbocycles. The van der Waals surface area contributed by atoms with Crippen molar-refractivity contribution in [2.24, 2.45) is 5.73 Å². The lowest BCUT2D eigenvalue weighted by molar-refractivity contribution is 0.0405. The Hall–Kier alpha value is -0.160. The van der Waals surface area contributed by atoms with E-state index in [9.17, 15) is 0 Å². The normalized spacial score (nSPS) is 22.6. The Balaban J connectivity index is 2.04. The van der Waals surface area contributed by atoms with Crippen LogP contribution in [0.2, 0.25) is 0 Å². The van der Waals surface area contributed by atoms with Crippen LogP contribution in [0.5, 0.6) is 0 Å². The molecule has 0 aromatic carbocycles. The van der Waals surface area contributed by atoms with Gasteiger partial charge in [-0.1, -0.05) is 6.42 Å². The minimum absolute atomic E-state index is 0.0756. The number of nitrogens with zero attached hydrogens (tertiary/aromatic N) is 1. The summed E-state index contributed by atoms with van der Waals surface area (Å²) >= 11 is 0. The van der Waals surface area contributed by atoms with Crippen LogP contribution in [-0.4, -0.2) is 55.0 Å². The largest absolute Gasteiger partial charge is 0.394 e. The van der Waals surface area contributed by atoms with Crippen molar-refractivity contribution < 1.29 is 9.84 Å². The molecule has 0 radical (unpaired) electrons. The Bertz CT molecular complexity index is 202. The van der Waals surface area contributed by atoms with Gasteiger partial charge in [0.05, 0.1) is 12.7 Å². The lowest BCUT2D eigenvalue weighted by Gasteiger charge is -2.31. The van der Waals surface area contributed by atoms with Gasteiger partial charge >= 0.3 is 0 Å². The zero-order valence-corrected chi connectivity index (χ0v) is 11.3. The molecule has 0 spiro atoms. The molecular weight excluding hydrogens is 216 g/mol. The maximum atomic E-state index is 9.05. The lowest BCUT2D eigenvalue weighted by Crippen LogP contribution is -2.40. The van der Waals surface area contributed by atoms with Gasteiger partial charge in [0, 0.05) is 25.7 Å². The molecule has 1 rings (SSSR count). The molecule has 0 amide bonds. The van der Waals surface area contributed by atoms with Crippen molar-refractivity contribution >= 4 is 0 Å². The number of piperidine rings is 1. The maximum absolute atomic E-state index is 9.05. The van der Waals surface area contributed by atoms with Gasteiger partial charge in [-0.25, -0.2) is 0 Å². The van der Waals surface area contributed by atoms with Gasteiger partial charge in [0.25, 0.3) is 0 Å². The summed E-state index contributed by atoms with van der Waals surface area (Å²) in [5.74, 6) is 0. The number of methoxy groups -OCH3 is 1. The average molecular weight is 244 g/mol. The number of aliphatic hydroxyl groups excluding tert-OH is 1. The highest BCUT2D eigenvalue weighted by Crippen LogP contribution is 2.15. The quantitative estimate of drug-likeness (QED) is 0.655. The number of rotatable bonds is 7. The first kappa shape index (κ1) is 14.9. The first-order valence-electron chi connectivity index (χ1n) is 6.72. The van der Waals surface area contributed by atoms with Crippen molar-refractivity contribution in [3.63, 3.8) is 0 Å². The number of nitrogens with two attached hydrogens (primary N) is 1. The summed E-state index contributed by atoms with van der Waals surface area (Å²) in [6, 6.07) is 0. The molecule has 3 N–H and O–H groups in total. The zero-order valence-electron chi connectivity index (χ0n) is 11.3. The van der Waals surface area contributed by atoms with E-state index in [1.165, 1.54) is 6.42 Å². The highest BCUT2D eigenvalue weighted by Gasteiger charge is 2.19. The van der Waals surface area contributed by atoms with Gasteiger partial charge in [-0.3, -0.25) is 0 Å². The predicted molar refractivity (Wildman–Crippen MR) is 70.0 cm³/mol. The highest BCUT2D eigenvalue weighted by molar-refractivity contribution is 4.77. The van der Waals surface area contributed by atoms with Crippen molar-refractivity contribution in [1.82, 2.24) is 4.90 Å². The van der Waals surface area contributed by atoms with Crippen LogP contribution >= 0.6 is 0 Å². The summed E-state index contributed by atoms with van der Waals surface area (Å²) < 4.78 is 5.35. The molecule has 1 aliphatic rings. The number of hydrogen-bond donors (Lipinski definition) is 2. The van der Waals surface area contributed by atoms with Crippen molar-refractivity contribution in [1.29, 1.82) is 0 Å². The van der Waals surface area contributed by atoms with Crippen LogP contribution in [0.3, 0.4) is 0 Å². The summed E-state index contributed by atoms with van der Waals surface area (Å²) in [7, 11) is 1.80. The molecule has 1 atom stereocenters. The summed E-state index contributed by atoms with van der Waals surface area (Å²) in [5.41, 5.74) is 5.49. The molecule has 1 fully saturated rings. The molecule has 1 heterocycles. The van der Waals surface area contributed by atoms with E-state index in [0.29, 0.717) is 6.10 Å². The van der Waals surface area contributed by atoms with E-state index >= 15 is 0 Å². The number of unbranched alkanes of at least 4 members (excludes halogenated alkanes) is 1. The smallest absolute Gasteiger partial charge is 0.0608 e. The minimum atomic E-state index is -0.400. The standard InChI is InChI=1S/C13H28N2O2/c1-13(14,11-16)7-3-4-8-15-9-5-12(17-2)6-10-15/h12,16H,3-11,14H2,1-2H3. The van der Waals surface area contributed by atoms with E-state index in [1.54, 1.807) is 7.11 Å². The molecule has 1 aliphatic heterocycles. The molecule has 17 heavy (non-hydrogen) atoms. The molecule has 4 heteroatoms. The van der Waals surface area contributed by atoms with Gasteiger partial charge in [0.1, 0.15) is 0 Å². The Morgan fingerprint density at radius 2 is 2.00 bits per heavy atom. The van der Waals surface area contributed by atoms with E-state index in [4.69, 9.17) is 15.6 Å². The number of hydrogen-bond acceptors (Lipinski definition) is 4. The van der Waals surface area contributed by atoms with Gasteiger partial charge in [0.2, 0.25) is 0 Å². The van der Waals surface area contributed by atoms with Gasteiger partial charge in [-0.15, -0.1) is 0 Å². The SMILES string of the molecule is COC1CCN(CCCCC(C)(N)CO)CC1. The van der Waals surface area contributed by atoms with Crippen LogP contribution in [0, 0.1) is 0 Å². The second kappa shape index (κ2) is 7.31. The number of likely N-dealkylation sites (tertiary alicyclic amines) is 1. The first-order chi connectivity index (χ1) is 8.07. The zero-order chi connectivity index (χ0) is 12.7. The van der Waals surface area contributed by atoms with E-state index in [-0.39, 0.29) is 6.61 Å². The van der Waals surface area contributed by atoms with Gasteiger partial charge in [0.15, 0.2) is 0 Å². The average Bonchev–Trinajstić information content (AvgIpc) is 2.35. The molecule has 1 saturated heterocycles. The maximum Gasteiger partial charge on any atom is 0.0608 e. The molecular formula is C13H28N2O2. The third-order valence-corrected chi connectivity index (χ3v) is 3.70. The summed E-state index contributed by atoms with van der Waals surface area (Å²) in [4.78, 5) is 2.50. The monoisotopic (exact) mass is 244 g/mol. The molecule has 0 aromatic heterocycles. The second-order valence-electron chi connectivity index (χ2n) is 5.55. The Morgan fingerprint density at radius 3 is 2.53 bits per heavy atom. The minimum Gasteiger partial charge on any atom is -0.394 e. The van der Waals surface area contributed by atoms with Crippen molar-refractivity contribution in [2.45, 2.75) is 50.7 Å². The number of ether oxygens (including phenoxy) is 1. The number of aliphatic hydroxyl groups is 1. The fourth-order valence-electron chi connectivity index (χ4n) is 2.31. The van der Waals surface area contributed by atoms with E-state index in [2.05, 4.69) is 4.90 Å². The fraction of sp³-hybridized carbons (Fsp3) is 1.00. The molecule has 4 nitrogen and oxygen atoms in total. The molecule has 0 saturated carbocycles. The fourth-order valence-corrected chi connectivity index (χ4v) is 2.31. The molecule has 0 bridgehead atoms. The topological polar surface area (TPSA) is 58.7 Å². The van der Waals surface area contributed by atoms with Gasteiger partial charge in [-0.2, -0.15) is 0 Å². The third kappa shape index (κ3) is 5.82. The summed E-state index contributed by atoms with van der Waals surface area (Å²) in [6.07, 6.45) is 5.94. The van der Waals surface area contributed by atoms with E-state index in [0.717, 1.165) is 45.3 Å². The predicted octanol–water partition coefficient (Wildman–Crippen LogP) is 0.977. The van der Waals surface area contributed by atoms with Crippen LogP contribution in [0.25, 0.3) is 0 Å². The highest BCUT2D eigenvalue weighted by atomic mass is 16.5. The lowest BCUT2D eigenvalue weighted by atomic mass is 9.97. The second-order valence-corrected chi connectivity index (χ2v) is 5.55. The van der Waals surface area contributed by atoms with Crippen molar-refractivity contribution in [2.75, 3.05) is 33.4 Å². The van der Waals surface area contributed by atoms with Crippen LogP contribution in [0.1, 0.15) is 39.0 Å². The van der Waals surface area contributed by atoms with Gasteiger partial charge < -0.3 is 20.5 Å². The van der Waals surface area contributed by atoms with E-state index in [1.807, 2.05) is 6.92 Å². The van der Waals surface area contributed by atoms with Crippen LogP contribution in [0.15, 0.2) is 0 Å². The first-order valence-corrected chi connectivity index (χ1v) is 6.72. The molecule has 1 unspecified atom stereocenters. The summed E-state index contributed by atoms with van der Waals surface area (Å²) in [6.45, 7) is 5.44. The Labute approximate surface area is 105 Å². The van der Waals surface area contributed by atoms with Crippen LogP contribution < -0.4 is 5.73 Å². The Morgan fingerprint density at radius 1 is 1.35 bits per heavy atom.